The van der Waals surface area contributed by atoms with Crippen LogP contribution >= 0.6 is 0 Å². The van der Waals surface area contributed by atoms with Crippen LogP contribution in [0.5, 0.6) is 0 Å². The Kier molecular flexibility index (Phi) is 6.20. The highest BCUT2D eigenvalue weighted by molar-refractivity contribution is 6.04. The Labute approximate surface area is 214 Å². The van der Waals surface area contributed by atoms with Crippen molar-refractivity contribution in [2.45, 2.75) is 39.2 Å². The molecule has 6 nitrogen and oxygen atoms in total. The summed E-state index contributed by atoms with van der Waals surface area (Å²) in [5.41, 5.74) is 4.92. The van der Waals surface area contributed by atoms with Gasteiger partial charge >= 0.3 is 0 Å². The molecule has 1 saturated heterocycles. The molecule has 37 heavy (non-hydrogen) atoms. The Morgan fingerprint density at radius 3 is 2.81 bits per heavy atom. The van der Waals surface area contributed by atoms with E-state index < -0.39 is 22.9 Å². The lowest BCUT2D eigenvalue weighted by atomic mass is 9.73. The van der Waals surface area contributed by atoms with Gasteiger partial charge in [0.2, 0.25) is 0 Å². The van der Waals surface area contributed by atoms with Crippen molar-refractivity contribution in [3.05, 3.63) is 77.1 Å². The summed E-state index contributed by atoms with van der Waals surface area (Å²) < 4.78 is 33.1. The molecule has 5 rings (SSSR count). The summed E-state index contributed by atoms with van der Waals surface area (Å²) >= 11 is 0. The van der Waals surface area contributed by atoms with Gasteiger partial charge in [0, 0.05) is 36.6 Å². The maximum Gasteiger partial charge on any atom is 0.286 e. The van der Waals surface area contributed by atoms with Gasteiger partial charge in [0.1, 0.15) is 5.69 Å². The summed E-state index contributed by atoms with van der Waals surface area (Å²) in [5, 5.41) is 12.7. The minimum atomic E-state index is -3.13. The van der Waals surface area contributed by atoms with E-state index in [0.717, 1.165) is 47.5 Å². The minimum Gasteiger partial charge on any atom is -0.377 e. The second-order valence-electron chi connectivity index (χ2n) is 10.1. The zero-order chi connectivity index (χ0) is 26.4. The fourth-order valence-corrected chi connectivity index (χ4v) is 5.22. The molecule has 8 heteroatoms. The van der Waals surface area contributed by atoms with Crippen molar-refractivity contribution in [1.29, 1.82) is 5.26 Å². The zero-order valence-electron chi connectivity index (χ0n) is 21.0. The molecular formula is C29H28F2N4O2. The van der Waals surface area contributed by atoms with Gasteiger partial charge in [-0.3, -0.25) is 9.78 Å². The molecular weight excluding hydrogens is 474 g/mol. The Hall–Kier alpha value is -3.83. The average molecular weight is 503 g/mol. The van der Waals surface area contributed by atoms with Crippen LogP contribution in [0.15, 0.2) is 54.7 Å². The highest BCUT2D eigenvalue weighted by atomic mass is 19.3. The number of amides is 1. The molecule has 1 aromatic heterocycles. The highest BCUT2D eigenvalue weighted by Crippen LogP contribution is 2.44. The number of rotatable bonds is 4. The van der Waals surface area contributed by atoms with Gasteiger partial charge in [-0.05, 0) is 72.9 Å². The Balaban J connectivity index is 1.45. The number of hydrogen-bond donors (Lipinski definition) is 1. The van der Waals surface area contributed by atoms with Crippen LogP contribution < -0.4 is 10.2 Å². The summed E-state index contributed by atoms with van der Waals surface area (Å²) in [6.45, 7) is 6.61. The second kappa shape index (κ2) is 9.24. The molecule has 0 spiro atoms. The predicted octanol–water partition coefficient (Wildman–Crippen LogP) is 5.71. The molecule has 0 bridgehead atoms. The van der Waals surface area contributed by atoms with E-state index in [1.165, 1.54) is 12.3 Å². The lowest BCUT2D eigenvalue weighted by molar-refractivity contribution is 0.0127. The van der Waals surface area contributed by atoms with Gasteiger partial charge in [-0.2, -0.15) is 14.0 Å². The molecule has 2 aliphatic rings. The van der Waals surface area contributed by atoms with E-state index in [4.69, 9.17) is 4.74 Å². The molecule has 1 amide bonds. The van der Waals surface area contributed by atoms with Crippen molar-refractivity contribution in [1.82, 2.24) is 4.98 Å². The second-order valence-corrected chi connectivity index (χ2v) is 10.1. The smallest absolute Gasteiger partial charge is 0.286 e. The molecule has 2 aromatic carbocycles. The Morgan fingerprint density at radius 2 is 2.05 bits per heavy atom. The molecule has 2 aliphatic heterocycles. The van der Waals surface area contributed by atoms with Crippen LogP contribution in [0.4, 0.5) is 20.2 Å². The van der Waals surface area contributed by atoms with Crippen molar-refractivity contribution in [3.63, 3.8) is 0 Å². The van der Waals surface area contributed by atoms with Gasteiger partial charge < -0.3 is 15.0 Å². The van der Waals surface area contributed by atoms with Crippen LogP contribution in [0.2, 0.25) is 0 Å². The number of aryl methyl sites for hydroxylation is 1. The van der Waals surface area contributed by atoms with Crippen molar-refractivity contribution in [3.8, 4) is 17.2 Å². The number of hydrogen-bond acceptors (Lipinski definition) is 5. The normalized spacial score (nSPS) is 21.0. The molecule has 0 unspecified atom stereocenters. The fourth-order valence-electron chi connectivity index (χ4n) is 5.22. The number of nitrogens with zero attached hydrogens (tertiary/aromatic N) is 3. The molecule has 1 fully saturated rings. The summed E-state index contributed by atoms with van der Waals surface area (Å²) in [4.78, 5) is 18.8. The number of alkyl halides is 2. The molecule has 3 heterocycles. The van der Waals surface area contributed by atoms with Gasteiger partial charge in [0.15, 0.2) is 0 Å². The summed E-state index contributed by atoms with van der Waals surface area (Å²) in [6, 6.07) is 16.9. The SMILES string of the molecule is Cc1ccc(NC(=O)c2ccnc(C(C)(F)F)c2)cc1-c1ccc2c(c1)N1CCOC[C@H]1[C@](C)(C#N)C2. The van der Waals surface area contributed by atoms with Crippen LogP contribution in [-0.2, 0) is 17.1 Å². The number of morpholine rings is 1. The van der Waals surface area contributed by atoms with Crippen molar-refractivity contribution < 1.29 is 18.3 Å². The zero-order valence-corrected chi connectivity index (χ0v) is 21.0. The Morgan fingerprint density at radius 1 is 1.24 bits per heavy atom. The average Bonchev–Trinajstić information content (AvgIpc) is 2.89. The number of ether oxygens (including phenoxy) is 1. The number of fused-ring (bicyclic) bond motifs is 3. The first kappa shape index (κ1) is 24.8. The van der Waals surface area contributed by atoms with E-state index in [1.54, 1.807) is 6.07 Å². The molecule has 2 atom stereocenters. The van der Waals surface area contributed by atoms with Crippen LogP contribution in [0.3, 0.4) is 0 Å². The number of aromatic nitrogens is 1. The standard InChI is InChI=1S/C29H28F2N4O2/c1-18-4-7-22(34-27(36)20-8-9-33-25(13-20)29(3,30)31)14-23(18)19-5-6-21-15-28(2,17-32)26-16-37-11-10-35(26)24(21)12-19/h4-9,12-14,26H,10-11,15-16H2,1-3H3,(H,34,36)/t26-,28-/m0/s1. The molecule has 0 saturated carbocycles. The summed E-state index contributed by atoms with van der Waals surface area (Å²) in [6.07, 6.45) is 1.87. The molecule has 190 valence electrons. The third kappa shape index (κ3) is 4.67. The highest BCUT2D eigenvalue weighted by Gasteiger charge is 2.45. The van der Waals surface area contributed by atoms with Gasteiger partial charge in [0.25, 0.3) is 11.8 Å². The van der Waals surface area contributed by atoms with Crippen molar-refractivity contribution in [2.24, 2.45) is 5.41 Å². The quantitative estimate of drug-likeness (QED) is 0.494. The molecule has 1 N–H and O–H groups in total. The maximum absolute atomic E-state index is 13.7. The molecule has 3 aromatic rings. The van der Waals surface area contributed by atoms with Crippen LogP contribution in [-0.4, -0.2) is 36.7 Å². The first-order valence-electron chi connectivity index (χ1n) is 12.2. The van der Waals surface area contributed by atoms with E-state index >= 15 is 0 Å². The van der Waals surface area contributed by atoms with Crippen LogP contribution in [0.1, 0.15) is 41.0 Å². The number of pyridine rings is 1. The third-order valence-electron chi connectivity index (χ3n) is 7.35. The summed E-state index contributed by atoms with van der Waals surface area (Å²) in [5.74, 6) is -3.62. The number of carbonyl (C=O) groups is 1. The Bertz CT molecular complexity index is 1410. The number of nitriles is 1. The number of nitrogens with one attached hydrogen (secondary N) is 1. The lowest BCUT2D eigenvalue weighted by Gasteiger charge is -2.49. The van der Waals surface area contributed by atoms with Crippen LogP contribution in [0.25, 0.3) is 11.1 Å². The van der Waals surface area contributed by atoms with E-state index in [9.17, 15) is 18.8 Å². The molecule has 0 aliphatic carbocycles. The first-order valence-corrected chi connectivity index (χ1v) is 12.2. The summed E-state index contributed by atoms with van der Waals surface area (Å²) in [7, 11) is 0. The first-order chi connectivity index (χ1) is 17.6. The van der Waals surface area contributed by atoms with E-state index in [-0.39, 0.29) is 11.6 Å². The van der Waals surface area contributed by atoms with Gasteiger partial charge in [-0.25, -0.2) is 0 Å². The van der Waals surface area contributed by atoms with Gasteiger partial charge in [-0.1, -0.05) is 18.2 Å². The molecule has 0 radical (unpaired) electrons. The number of benzene rings is 2. The topological polar surface area (TPSA) is 78.2 Å². The lowest BCUT2D eigenvalue weighted by Crippen LogP contribution is -2.57. The van der Waals surface area contributed by atoms with Crippen LogP contribution in [0, 0.1) is 23.7 Å². The largest absolute Gasteiger partial charge is 0.377 e. The minimum absolute atomic E-state index is 0.0125. The maximum atomic E-state index is 13.7. The number of halogens is 2. The number of anilines is 2. The number of carbonyl (C=O) groups excluding carboxylic acids is 1. The van der Waals surface area contributed by atoms with Gasteiger partial charge in [0.05, 0.1) is 30.7 Å². The third-order valence-corrected chi connectivity index (χ3v) is 7.35. The van der Waals surface area contributed by atoms with Gasteiger partial charge in [-0.15, -0.1) is 0 Å². The monoisotopic (exact) mass is 502 g/mol. The predicted molar refractivity (Wildman–Crippen MR) is 138 cm³/mol. The van der Waals surface area contributed by atoms with E-state index in [1.807, 2.05) is 32.0 Å². The fraction of sp³-hybridized carbons (Fsp3) is 0.345. The van der Waals surface area contributed by atoms with E-state index in [2.05, 4.69) is 33.4 Å². The van der Waals surface area contributed by atoms with E-state index in [0.29, 0.717) is 25.3 Å². The van der Waals surface area contributed by atoms with Crippen molar-refractivity contribution in [2.75, 3.05) is 30.0 Å². The van der Waals surface area contributed by atoms with Crippen molar-refractivity contribution >= 4 is 17.3 Å².